The van der Waals surface area contributed by atoms with Gasteiger partial charge in [-0.15, -0.1) is 5.11 Å². The van der Waals surface area contributed by atoms with Gasteiger partial charge in [0, 0.05) is 32.7 Å². The van der Waals surface area contributed by atoms with Gasteiger partial charge in [-0.1, -0.05) is 53.2 Å². The Morgan fingerprint density at radius 3 is 2.44 bits per heavy atom. The summed E-state index contributed by atoms with van der Waals surface area (Å²) in [5.41, 5.74) is -0.125. The molecule has 1 amide bonds. The zero-order chi connectivity index (χ0) is 27.6. The fourth-order valence-corrected chi connectivity index (χ4v) is 4.80. The second kappa shape index (κ2) is 12.6. The second-order valence-corrected chi connectivity index (χ2v) is 10.3. The largest absolute Gasteiger partial charge is 1.00 e. The summed E-state index contributed by atoms with van der Waals surface area (Å²) in [5, 5.41) is 25.5. The number of fused-ring (bicyclic) bond motifs is 1. The Bertz CT molecular complexity index is 1710. The van der Waals surface area contributed by atoms with Gasteiger partial charge in [0.1, 0.15) is 16.3 Å². The van der Waals surface area contributed by atoms with E-state index >= 15 is 0 Å². The number of rotatable bonds is 7. The molecule has 0 saturated carbocycles. The standard InChI is InChI=1S/C26H21Cl2N3O6S.Na/c1-3-37-18-12-16(27)11-17(13-18)29-26(33)20-10-15-6-4-5-7-19(15)24(25(20)32)31-30-23-14(2)21(28)8-9-22(23)38(34,35)36;/h4-13,32H,3H2,1-2H3,(H,29,33)(H,34,35,36);/q;+1/p-1. The number of anilines is 1. The summed E-state index contributed by atoms with van der Waals surface area (Å²) >= 11 is 12.2. The Kier molecular flexibility index (Phi) is 10.0. The minimum atomic E-state index is -4.67. The predicted molar refractivity (Wildman–Crippen MR) is 144 cm³/mol. The molecule has 196 valence electrons. The Morgan fingerprint density at radius 2 is 1.74 bits per heavy atom. The molecule has 0 bridgehead atoms. The molecule has 0 spiro atoms. The van der Waals surface area contributed by atoms with E-state index in [1.807, 2.05) is 0 Å². The number of hydrogen-bond donors (Lipinski definition) is 2. The van der Waals surface area contributed by atoms with Gasteiger partial charge in [-0.3, -0.25) is 9.35 Å². The quantitative estimate of drug-likeness (QED) is 0.189. The molecule has 0 radical (unpaired) electrons. The molecule has 0 fully saturated rings. The molecule has 2 N–H and O–H groups in total. The number of carbonyl (C=O) groups excluding carboxylic acids is 1. The number of azo groups is 1. The maximum absolute atomic E-state index is 13.4. The fraction of sp³-hybridized carbons (Fsp3) is 0.115. The van der Waals surface area contributed by atoms with Crippen LogP contribution in [0.2, 0.25) is 10.0 Å². The Morgan fingerprint density at radius 1 is 1.05 bits per heavy atom. The van der Waals surface area contributed by atoms with Crippen molar-refractivity contribution in [1.82, 2.24) is 0 Å². The van der Waals surface area contributed by atoms with E-state index < -0.39 is 26.7 Å². The number of carbonyl (C=O) groups is 1. The smallest absolute Gasteiger partial charge is 0.870 e. The number of nitrogens with zero attached hydrogens (tertiary/aromatic N) is 2. The first-order valence-corrected chi connectivity index (χ1v) is 13.3. The summed E-state index contributed by atoms with van der Waals surface area (Å²) in [5.74, 6) is -1.03. The summed E-state index contributed by atoms with van der Waals surface area (Å²) in [6.07, 6.45) is 0. The molecule has 0 aromatic heterocycles. The van der Waals surface area contributed by atoms with Gasteiger partial charge in [0.2, 0.25) is 0 Å². The predicted octanol–water partition coefficient (Wildman–Crippen LogP) is 3.85. The maximum atomic E-state index is 13.4. The van der Waals surface area contributed by atoms with Crippen LogP contribution in [0.25, 0.3) is 10.8 Å². The van der Waals surface area contributed by atoms with Crippen molar-refractivity contribution in [2.24, 2.45) is 10.2 Å². The van der Waals surface area contributed by atoms with E-state index in [2.05, 4.69) is 15.5 Å². The molecule has 4 rings (SSSR count). The summed E-state index contributed by atoms with van der Waals surface area (Å²) in [4.78, 5) is 12.6. The minimum absolute atomic E-state index is 0. The van der Waals surface area contributed by atoms with Crippen LogP contribution in [-0.4, -0.2) is 25.5 Å². The summed E-state index contributed by atoms with van der Waals surface area (Å²) in [6, 6.07) is 15.2. The average Bonchev–Trinajstić information content (AvgIpc) is 2.84. The van der Waals surface area contributed by atoms with E-state index in [0.29, 0.717) is 33.8 Å². The molecule has 0 aliphatic heterocycles. The van der Waals surface area contributed by atoms with E-state index in [0.717, 1.165) is 6.07 Å². The summed E-state index contributed by atoms with van der Waals surface area (Å²) < 4.78 is 38.9. The topological polar surface area (TPSA) is 140 Å². The molecule has 0 saturated heterocycles. The van der Waals surface area contributed by atoms with Crippen molar-refractivity contribution in [3.63, 3.8) is 0 Å². The molecular formula is C26H20Cl2N3NaO6S. The van der Waals surface area contributed by atoms with Crippen LogP contribution in [-0.2, 0) is 10.1 Å². The number of amides is 1. The zero-order valence-electron chi connectivity index (χ0n) is 21.0. The molecule has 0 unspecified atom stereocenters. The van der Waals surface area contributed by atoms with Crippen molar-refractivity contribution < 1.29 is 57.2 Å². The van der Waals surface area contributed by atoms with Gasteiger partial charge in [0.15, 0.2) is 0 Å². The molecule has 9 nitrogen and oxygen atoms in total. The van der Waals surface area contributed by atoms with Gasteiger partial charge >= 0.3 is 29.6 Å². The van der Waals surface area contributed by atoms with Crippen LogP contribution in [0.5, 0.6) is 11.5 Å². The number of hydrogen-bond acceptors (Lipinski definition) is 7. The van der Waals surface area contributed by atoms with Gasteiger partial charge in [-0.25, -0.2) is 0 Å². The molecule has 13 heteroatoms. The van der Waals surface area contributed by atoms with Gasteiger partial charge in [0.25, 0.3) is 16.0 Å². The van der Waals surface area contributed by atoms with E-state index in [9.17, 15) is 22.9 Å². The SMILES string of the molecule is CCOc1cc(Cl)cc(NC(=O)c2cc3ccccc3c(N=Nc3c(S(=O)(=O)O)ccc(Cl)c3C)c2[O-])c1.[Na+]. The molecule has 4 aromatic carbocycles. The minimum Gasteiger partial charge on any atom is -0.870 e. The number of ether oxygens (including phenoxy) is 1. The maximum Gasteiger partial charge on any atom is 1.00 e. The molecular weight excluding hydrogens is 576 g/mol. The van der Waals surface area contributed by atoms with Crippen LogP contribution in [0.3, 0.4) is 0 Å². The van der Waals surface area contributed by atoms with Crippen LogP contribution >= 0.6 is 23.2 Å². The first-order valence-electron chi connectivity index (χ1n) is 11.2. The van der Waals surface area contributed by atoms with Crippen LogP contribution in [0.15, 0.2) is 75.8 Å². The van der Waals surface area contributed by atoms with Crippen molar-refractivity contribution in [3.8, 4) is 11.5 Å². The van der Waals surface area contributed by atoms with Crippen LogP contribution in [0.1, 0.15) is 22.8 Å². The molecule has 39 heavy (non-hydrogen) atoms. The van der Waals surface area contributed by atoms with Gasteiger partial charge in [0.05, 0.1) is 12.3 Å². The van der Waals surface area contributed by atoms with Crippen molar-refractivity contribution in [2.75, 3.05) is 11.9 Å². The van der Waals surface area contributed by atoms with Crippen molar-refractivity contribution in [1.29, 1.82) is 0 Å². The molecule has 4 aromatic rings. The fourth-order valence-electron chi connectivity index (χ4n) is 3.74. The van der Waals surface area contributed by atoms with Crippen molar-refractivity contribution in [3.05, 3.63) is 81.8 Å². The normalized spacial score (nSPS) is 11.4. The monoisotopic (exact) mass is 595 g/mol. The van der Waals surface area contributed by atoms with Crippen molar-refractivity contribution in [2.45, 2.75) is 18.7 Å². The summed E-state index contributed by atoms with van der Waals surface area (Å²) in [6.45, 7) is 3.69. The van der Waals surface area contributed by atoms with E-state index in [1.165, 1.54) is 25.1 Å². The first-order chi connectivity index (χ1) is 18.0. The van der Waals surface area contributed by atoms with Crippen molar-refractivity contribution >= 4 is 67.1 Å². The third-order valence-electron chi connectivity index (χ3n) is 5.52. The van der Waals surface area contributed by atoms with E-state index in [1.54, 1.807) is 43.3 Å². The van der Waals surface area contributed by atoms with E-state index in [-0.39, 0.29) is 57.1 Å². The Labute approximate surface area is 256 Å². The summed E-state index contributed by atoms with van der Waals surface area (Å²) in [7, 11) is -4.67. The Hall–Kier alpha value is -2.70. The third kappa shape index (κ3) is 6.90. The average molecular weight is 596 g/mol. The van der Waals surface area contributed by atoms with Crippen LogP contribution in [0.4, 0.5) is 17.1 Å². The third-order valence-corrected chi connectivity index (χ3v) is 7.03. The van der Waals surface area contributed by atoms with Crippen LogP contribution < -0.4 is 44.7 Å². The second-order valence-electron chi connectivity index (χ2n) is 8.08. The van der Waals surface area contributed by atoms with Gasteiger partial charge < -0.3 is 15.2 Å². The molecule has 0 heterocycles. The van der Waals surface area contributed by atoms with E-state index in [4.69, 9.17) is 27.9 Å². The number of benzene rings is 4. The van der Waals surface area contributed by atoms with Gasteiger partial charge in [-0.2, -0.15) is 13.5 Å². The van der Waals surface area contributed by atoms with Crippen LogP contribution in [0, 0.1) is 6.92 Å². The first kappa shape index (κ1) is 30.8. The Balaban J connectivity index is 0.00000420. The zero-order valence-corrected chi connectivity index (χ0v) is 25.4. The number of nitrogens with one attached hydrogen (secondary N) is 1. The number of halogens is 2. The molecule has 0 aliphatic carbocycles. The molecule has 0 aliphatic rings. The van der Waals surface area contributed by atoms with Gasteiger partial charge in [-0.05, 0) is 55.1 Å². The molecule has 0 atom stereocenters.